The molecule has 3 rings (SSSR count). The molecular weight excluding hydrogens is 422 g/mol. The lowest BCUT2D eigenvalue weighted by Crippen LogP contribution is -2.47. The van der Waals surface area contributed by atoms with Crippen molar-refractivity contribution in [3.63, 3.8) is 0 Å². The van der Waals surface area contributed by atoms with E-state index in [9.17, 15) is 13.2 Å². The molecule has 0 fully saturated rings. The van der Waals surface area contributed by atoms with Gasteiger partial charge in [0.1, 0.15) is 11.9 Å². The van der Waals surface area contributed by atoms with Gasteiger partial charge in [0.15, 0.2) is 5.65 Å². The van der Waals surface area contributed by atoms with Gasteiger partial charge in [0.2, 0.25) is 15.9 Å². The Hall–Kier alpha value is -2.43. The fraction of sp³-hybridized carbons (Fsp3) is 0.350. The molecule has 0 radical (unpaired) electrons. The molecule has 160 valence electrons. The van der Waals surface area contributed by atoms with Gasteiger partial charge in [-0.2, -0.15) is 16.5 Å². The first-order valence-electron chi connectivity index (χ1n) is 9.55. The number of carbonyl (C=O) groups is 1. The van der Waals surface area contributed by atoms with E-state index in [-0.39, 0.29) is 10.8 Å². The summed E-state index contributed by atoms with van der Waals surface area (Å²) in [5.41, 5.74) is 1.70. The molecule has 1 atom stereocenters. The molecule has 2 aromatic heterocycles. The summed E-state index contributed by atoms with van der Waals surface area (Å²) in [6.07, 6.45) is 4.66. The largest absolute Gasteiger partial charge is 0.354 e. The van der Waals surface area contributed by atoms with E-state index in [4.69, 9.17) is 0 Å². The number of nitrogens with one attached hydrogen (secondary N) is 2. The summed E-state index contributed by atoms with van der Waals surface area (Å²) < 4.78 is 29.8. The molecule has 1 unspecified atom stereocenters. The number of hydrogen-bond donors (Lipinski definition) is 2. The van der Waals surface area contributed by atoms with Gasteiger partial charge >= 0.3 is 0 Å². The lowest BCUT2D eigenvalue weighted by atomic mass is 10.2. The maximum atomic E-state index is 12.7. The molecule has 10 heteroatoms. The fourth-order valence-corrected chi connectivity index (χ4v) is 4.64. The number of pyridine rings is 1. The average molecular weight is 448 g/mol. The number of nitrogens with zero attached hydrogens (tertiary/aromatic N) is 3. The summed E-state index contributed by atoms with van der Waals surface area (Å²) in [7, 11) is -3.80. The van der Waals surface area contributed by atoms with E-state index in [1.807, 2.05) is 42.0 Å². The average Bonchev–Trinajstić information content (AvgIpc) is 3.14. The molecule has 0 saturated carbocycles. The number of carbonyl (C=O) groups excluding carboxylic acids is 1. The Kier molecular flexibility index (Phi) is 7.46. The normalized spacial score (nSPS) is 12.7. The third-order valence-electron chi connectivity index (χ3n) is 4.59. The second kappa shape index (κ2) is 10.1. The molecule has 2 heterocycles. The Morgan fingerprint density at radius 1 is 1.17 bits per heavy atom. The van der Waals surface area contributed by atoms with E-state index < -0.39 is 16.1 Å². The second-order valence-electron chi connectivity index (χ2n) is 6.85. The molecule has 1 aromatic carbocycles. The minimum Gasteiger partial charge on any atom is -0.354 e. The van der Waals surface area contributed by atoms with Crippen LogP contribution in [0.3, 0.4) is 0 Å². The van der Waals surface area contributed by atoms with Crippen LogP contribution in [-0.2, 0) is 21.2 Å². The Labute approximate surface area is 180 Å². The predicted octanol–water partition coefficient (Wildman–Crippen LogP) is 1.80. The van der Waals surface area contributed by atoms with Crippen molar-refractivity contribution >= 4 is 33.3 Å². The maximum Gasteiger partial charge on any atom is 0.241 e. The van der Waals surface area contributed by atoms with E-state index in [0.717, 1.165) is 17.0 Å². The maximum absolute atomic E-state index is 12.7. The van der Waals surface area contributed by atoms with Gasteiger partial charge in [-0.1, -0.05) is 23.8 Å². The summed E-state index contributed by atoms with van der Waals surface area (Å²) in [6, 6.07) is 11.3. The highest BCUT2D eigenvalue weighted by molar-refractivity contribution is 7.98. The van der Waals surface area contributed by atoms with Crippen LogP contribution in [0.5, 0.6) is 0 Å². The molecule has 3 aromatic rings. The molecule has 8 nitrogen and oxygen atoms in total. The van der Waals surface area contributed by atoms with Crippen molar-refractivity contribution in [2.24, 2.45) is 0 Å². The van der Waals surface area contributed by atoms with E-state index >= 15 is 0 Å². The highest BCUT2D eigenvalue weighted by Gasteiger charge is 2.25. The monoisotopic (exact) mass is 447 g/mol. The standard InChI is InChI=1S/C20H25N5O3S2/c1-15-6-8-16(9-7-15)30(27,28)24-17(11-14-29-2)20(26)21-12-10-19-23-22-18-5-3-4-13-25(18)19/h3-9,13,17,24H,10-12,14H2,1-2H3,(H,21,26). The first-order valence-corrected chi connectivity index (χ1v) is 12.4. The Bertz CT molecular complexity index is 1100. The van der Waals surface area contributed by atoms with Crippen LogP contribution < -0.4 is 10.0 Å². The van der Waals surface area contributed by atoms with Gasteiger partial charge in [-0.3, -0.25) is 9.20 Å². The molecule has 0 aliphatic rings. The van der Waals surface area contributed by atoms with Crippen LogP contribution in [0, 0.1) is 6.92 Å². The van der Waals surface area contributed by atoms with Gasteiger partial charge in [0.05, 0.1) is 4.90 Å². The summed E-state index contributed by atoms with van der Waals surface area (Å²) >= 11 is 1.56. The number of sulfonamides is 1. The van der Waals surface area contributed by atoms with Crippen LogP contribution in [0.15, 0.2) is 53.6 Å². The number of thioether (sulfide) groups is 1. The van der Waals surface area contributed by atoms with Crippen LogP contribution in [-0.4, -0.2) is 53.5 Å². The van der Waals surface area contributed by atoms with E-state index in [2.05, 4.69) is 20.2 Å². The van der Waals surface area contributed by atoms with Gasteiger partial charge in [-0.15, -0.1) is 10.2 Å². The molecular formula is C20H25N5O3S2. The zero-order chi connectivity index (χ0) is 21.6. The van der Waals surface area contributed by atoms with Gasteiger partial charge in [0.25, 0.3) is 0 Å². The Morgan fingerprint density at radius 2 is 1.93 bits per heavy atom. The van der Waals surface area contributed by atoms with Gasteiger partial charge < -0.3 is 5.32 Å². The van der Waals surface area contributed by atoms with Crippen molar-refractivity contribution < 1.29 is 13.2 Å². The number of benzene rings is 1. The molecule has 0 aliphatic carbocycles. The van der Waals surface area contributed by atoms with Crippen molar-refractivity contribution in [3.8, 4) is 0 Å². The number of fused-ring (bicyclic) bond motifs is 1. The van der Waals surface area contributed by atoms with Crippen LogP contribution in [0.2, 0.25) is 0 Å². The van der Waals surface area contributed by atoms with E-state index in [1.54, 1.807) is 23.9 Å². The first kappa shape index (κ1) is 22.3. The minimum absolute atomic E-state index is 0.144. The summed E-state index contributed by atoms with van der Waals surface area (Å²) in [4.78, 5) is 12.9. The van der Waals surface area contributed by atoms with Crippen molar-refractivity contribution in [3.05, 3.63) is 60.0 Å². The molecule has 1 amide bonds. The molecule has 0 saturated heterocycles. The zero-order valence-electron chi connectivity index (χ0n) is 16.9. The second-order valence-corrected chi connectivity index (χ2v) is 9.55. The Morgan fingerprint density at radius 3 is 2.67 bits per heavy atom. The minimum atomic E-state index is -3.80. The third kappa shape index (κ3) is 5.59. The number of aryl methyl sites for hydroxylation is 1. The third-order valence-corrected chi connectivity index (χ3v) is 6.72. The predicted molar refractivity (Wildman–Crippen MR) is 118 cm³/mol. The molecule has 2 N–H and O–H groups in total. The van der Waals surface area contributed by atoms with E-state index in [0.29, 0.717) is 25.1 Å². The van der Waals surface area contributed by atoms with Crippen LogP contribution in [0.25, 0.3) is 5.65 Å². The summed E-state index contributed by atoms with van der Waals surface area (Å²) in [5, 5.41) is 11.0. The SMILES string of the molecule is CSCCC(NS(=O)(=O)c1ccc(C)cc1)C(=O)NCCc1nnc2ccccn12. The van der Waals surface area contributed by atoms with Crippen molar-refractivity contribution in [2.45, 2.75) is 30.7 Å². The summed E-state index contributed by atoms with van der Waals surface area (Å²) in [6.45, 7) is 2.22. The lowest BCUT2D eigenvalue weighted by molar-refractivity contribution is -0.122. The summed E-state index contributed by atoms with van der Waals surface area (Å²) in [5.74, 6) is 1.03. The van der Waals surface area contributed by atoms with Crippen molar-refractivity contribution in [1.29, 1.82) is 0 Å². The lowest BCUT2D eigenvalue weighted by Gasteiger charge is -2.18. The highest BCUT2D eigenvalue weighted by atomic mass is 32.2. The molecule has 0 bridgehead atoms. The van der Waals surface area contributed by atoms with Gasteiger partial charge in [-0.05, 0) is 49.6 Å². The highest BCUT2D eigenvalue weighted by Crippen LogP contribution is 2.12. The molecule has 30 heavy (non-hydrogen) atoms. The topological polar surface area (TPSA) is 105 Å². The number of aromatic nitrogens is 3. The van der Waals surface area contributed by atoms with Gasteiger partial charge in [-0.25, -0.2) is 8.42 Å². The van der Waals surface area contributed by atoms with Crippen molar-refractivity contribution in [1.82, 2.24) is 24.6 Å². The molecule has 0 spiro atoms. The number of amides is 1. The number of hydrogen-bond acceptors (Lipinski definition) is 6. The quantitative estimate of drug-likeness (QED) is 0.491. The number of rotatable bonds is 10. The fourth-order valence-electron chi connectivity index (χ4n) is 2.93. The molecule has 0 aliphatic heterocycles. The zero-order valence-corrected chi connectivity index (χ0v) is 18.5. The van der Waals surface area contributed by atoms with Crippen LogP contribution in [0.1, 0.15) is 17.8 Å². The van der Waals surface area contributed by atoms with Gasteiger partial charge in [0, 0.05) is 19.2 Å². The van der Waals surface area contributed by atoms with E-state index in [1.165, 1.54) is 12.1 Å². The van der Waals surface area contributed by atoms with Crippen LogP contribution in [0.4, 0.5) is 0 Å². The van der Waals surface area contributed by atoms with Crippen LogP contribution >= 0.6 is 11.8 Å². The first-order chi connectivity index (χ1) is 14.4. The smallest absolute Gasteiger partial charge is 0.241 e. The van der Waals surface area contributed by atoms with Crippen molar-refractivity contribution in [2.75, 3.05) is 18.6 Å². The Balaban J connectivity index is 1.63.